The van der Waals surface area contributed by atoms with E-state index in [4.69, 9.17) is 4.74 Å². The number of methoxy groups -OCH3 is 1. The smallest absolute Gasteiger partial charge is 0.407 e. The Bertz CT molecular complexity index is 1120. The Morgan fingerprint density at radius 1 is 1.00 bits per heavy atom. The van der Waals surface area contributed by atoms with Crippen molar-refractivity contribution in [3.63, 3.8) is 0 Å². The van der Waals surface area contributed by atoms with Gasteiger partial charge in [-0.25, -0.2) is 14.8 Å². The number of benzene rings is 2. The van der Waals surface area contributed by atoms with Gasteiger partial charge in [0.05, 0.1) is 26.0 Å². The van der Waals surface area contributed by atoms with Gasteiger partial charge < -0.3 is 30.3 Å². The maximum Gasteiger partial charge on any atom is 0.407 e. The van der Waals surface area contributed by atoms with Crippen molar-refractivity contribution >= 4 is 35.0 Å². The topological polar surface area (TPSA) is 118 Å². The van der Waals surface area contributed by atoms with Gasteiger partial charge in [-0.3, -0.25) is 4.79 Å². The zero-order valence-electron chi connectivity index (χ0n) is 18.8. The van der Waals surface area contributed by atoms with E-state index in [1.165, 1.54) is 7.11 Å². The van der Waals surface area contributed by atoms with Crippen LogP contribution in [0.25, 0.3) is 11.3 Å². The minimum Gasteiger partial charge on any atom is -0.453 e. The predicted molar refractivity (Wildman–Crippen MR) is 129 cm³/mol. The van der Waals surface area contributed by atoms with Crippen molar-refractivity contribution < 1.29 is 19.1 Å². The van der Waals surface area contributed by atoms with Crippen molar-refractivity contribution in [1.29, 1.82) is 0 Å². The molecule has 0 unspecified atom stereocenters. The average Bonchev–Trinajstić information content (AvgIpc) is 2.89. The van der Waals surface area contributed by atoms with Crippen LogP contribution in [-0.4, -0.2) is 61.9 Å². The van der Waals surface area contributed by atoms with Crippen molar-refractivity contribution in [3.8, 4) is 11.3 Å². The Morgan fingerprint density at radius 2 is 1.71 bits per heavy atom. The third kappa shape index (κ3) is 6.20. The van der Waals surface area contributed by atoms with E-state index in [1.54, 1.807) is 18.3 Å². The van der Waals surface area contributed by atoms with Crippen molar-refractivity contribution in [2.75, 3.05) is 55.5 Å². The van der Waals surface area contributed by atoms with E-state index < -0.39 is 6.09 Å². The number of aromatic nitrogens is 2. The highest BCUT2D eigenvalue weighted by atomic mass is 16.5. The van der Waals surface area contributed by atoms with Crippen LogP contribution in [0.1, 0.15) is 0 Å². The van der Waals surface area contributed by atoms with Crippen LogP contribution in [0.15, 0.2) is 60.8 Å². The summed E-state index contributed by atoms with van der Waals surface area (Å²) < 4.78 is 9.85. The van der Waals surface area contributed by atoms with E-state index in [9.17, 15) is 9.59 Å². The van der Waals surface area contributed by atoms with E-state index in [2.05, 4.69) is 47.7 Å². The van der Waals surface area contributed by atoms with E-state index in [1.807, 2.05) is 30.3 Å². The molecule has 34 heavy (non-hydrogen) atoms. The maximum absolute atomic E-state index is 11.9. The van der Waals surface area contributed by atoms with Crippen molar-refractivity contribution in [2.24, 2.45) is 0 Å². The van der Waals surface area contributed by atoms with Crippen LogP contribution in [0, 0.1) is 0 Å². The molecule has 1 saturated heterocycles. The lowest BCUT2D eigenvalue weighted by Gasteiger charge is -2.28. The van der Waals surface area contributed by atoms with Gasteiger partial charge in [0, 0.05) is 41.9 Å². The summed E-state index contributed by atoms with van der Waals surface area (Å²) in [4.78, 5) is 34.2. The number of morpholine rings is 1. The van der Waals surface area contributed by atoms with E-state index in [0.717, 1.165) is 48.9 Å². The largest absolute Gasteiger partial charge is 0.453 e. The molecule has 0 saturated carbocycles. The van der Waals surface area contributed by atoms with Crippen LogP contribution in [-0.2, 0) is 14.3 Å². The molecule has 2 heterocycles. The Hall–Kier alpha value is -4.18. The summed E-state index contributed by atoms with van der Waals surface area (Å²) >= 11 is 0. The number of ether oxygens (including phenoxy) is 2. The van der Waals surface area contributed by atoms with Gasteiger partial charge in [0.25, 0.3) is 0 Å². The molecule has 0 radical (unpaired) electrons. The third-order valence-corrected chi connectivity index (χ3v) is 5.20. The number of alkyl carbamates (subject to hydrolysis) is 1. The SMILES string of the molecule is COC(=O)NCC(=O)Nc1ccc(-c2ccnc(Nc3ccc(N4CCOCC4)cc3)n2)cc1. The highest BCUT2D eigenvalue weighted by Gasteiger charge is 2.11. The molecule has 1 fully saturated rings. The first-order valence-electron chi connectivity index (χ1n) is 10.9. The van der Waals surface area contributed by atoms with Crippen LogP contribution in [0.2, 0.25) is 0 Å². The van der Waals surface area contributed by atoms with Gasteiger partial charge in [-0.15, -0.1) is 0 Å². The first kappa shape index (κ1) is 23.0. The molecule has 176 valence electrons. The first-order chi connectivity index (χ1) is 16.6. The molecule has 10 nitrogen and oxygen atoms in total. The minimum absolute atomic E-state index is 0.178. The summed E-state index contributed by atoms with van der Waals surface area (Å²) in [6, 6.07) is 17.2. The fourth-order valence-corrected chi connectivity index (χ4v) is 3.44. The number of rotatable bonds is 7. The highest BCUT2D eigenvalue weighted by molar-refractivity contribution is 5.94. The molecule has 2 amide bonds. The number of amides is 2. The van der Waals surface area contributed by atoms with Gasteiger partial charge >= 0.3 is 6.09 Å². The maximum atomic E-state index is 11.9. The lowest BCUT2D eigenvalue weighted by Crippen LogP contribution is -2.36. The first-order valence-corrected chi connectivity index (χ1v) is 10.9. The second-order valence-electron chi connectivity index (χ2n) is 7.51. The van der Waals surface area contributed by atoms with Gasteiger partial charge in [0.1, 0.15) is 6.54 Å². The molecule has 3 N–H and O–H groups in total. The van der Waals surface area contributed by atoms with Gasteiger partial charge in [-0.2, -0.15) is 0 Å². The molecule has 0 bridgehead atoms. The third-order valence-electron chi connectivity index (χ3n) is 5.20. The quantitative estimate of drug-likeness (QED) is 0.491. The van der Waals surface area contributed by atoms with Crippen LogP contribution in [0.4, 0.5) is 27.8 Å². The molecular weight excluding hydrogens is 436 g/mol. The standard InChI is InChI=1S/C24H26N6O4/c1-33-24(32)26-16-22(31)27-18-4-2-17(3-5-18)21-10-11-25-23(29-21)28-19-6-8-20(9-7-19)30-12-14-34-15-13-30/h2-11H,12-16H2,1H3,(H,26,32)(H,27,31)(H,25,28,29). The average molecular weight is 463 g/mol. The second-order valence-corrected chi connectivity index (χ2v) is 7.51. The zero-order chi connectivity index (χ0) is 23.8. The number of carbonyl (C=O) groups is 2. The van der Waals surface area contributed by atoms with E-state index in [-0.39, 0.29) is 12.5 Å². The van der Waals surface area contributed by atoms with Gasteiger partial charge in [-0.1, -0.05) is 12.1 Å². The Balaban J connectivity index is 1.36. The number of carbonyl (C=O) groups excluding carboxylic acids is 2. The molecule has 2 aromatic carbocycles. The lowest BCUT2D eigenvalue weighted by atomic mass is 10.1. The van der Waals surface area contributed by atoms with Gasteiger partial charge in [-0.05, 0) is 42.5 Å². The summed E-state index contributed by atoms with van der Waals surface area (Å²) in [6.45, 7) is 3.11. The lowest BCUT2D eigenvalue weighted by molar-refractivity contribution is -0.115. The number of nitrogens with one attached hydrogen (secondary N) is 3. The number of hydrogen-bond donors (Lipinski definition) is 3. The van der Waals surface area contributed by atoms with E-state index in [0.29, 0.717) is 11.6 Å². The van der Waals surface area contributed by atoms with E-state index >= 15 is 0 Å². The van der Waals surface area contributed by atoms with Crippen LogP contribution < -0.4 is 20.9 Å². The molecule has 1 aliphatic rings. The number of hydrogen-bond acceptors (Lipinski definition) is 8. The molecular formula is C24H26N6O4. The molecule has 1 aromatic heterocycles. The molecule has 0 spiro atoms. The summed E-state index contributed by atoms with van der Waals surface area (Å²) in [6.07, 6.45) is 1.03. The summed E-state index contributed by atoms with van der Waals surface area (Å²) in [7, 11) is 1.24. The number of anilines is 4. The zero-order valence-corrected chi connectivity index (χ0v) is 18.8. The van der Waals surface area contributed by atoms with Crippen LogP contribution >= 0.6 is 0 Å². The fourth-order valence-electron chi connectivity index (χ4n) is 3.44. The van der Waals surface area contributed by atoms with Gasteiger partial charge in [0.2, 0.25) is 11.9 Å². The summed E-state index contributed by atoms with van der Waals surface area (Å²) in [5.74, 6) is 0.134. The normalized spacial score (nSPS) is 13.1. The number of nitrogens with zero attached hydrogens (tertiary/aromatic N) is 3. The van der Waals surface area contributed by atoms with Crippen molar-refractivity contribution in [3.05, 3.63) is 60.8 Å². The Labute approximate surface area is 197 Å². The van der Waals surface area contributed by atoms with Crippen molar-refractivity contribution in [1.82, 2.24) is 15.3 Å². The van der Waals surface area contributed by atoms with Crippen LogP contribution in [0.5, 0.6) is 0 Å². The summed E-state index contributed by atoms with van der Waals surface area (Å²) in [5.41, 5.74) is 4.28. The Morgan fingerprint density at radius 3 is 2.41 bits per heavy atom. The second kappa shape index (κ2) is 11.1. The molecule has 1 aliphatic heterocycles. The minimum atomic E-state index is -0.660. The Kier molecular flexibility index (Phi) is 7.51. The predicted octanol–water partition coefficient (Wildman–Crippen LogP) is 3.02. The fraction of sp³-hybridized carbons (Fsp3) is 0.250. The molecule has 4 rings (SSSR count). The molecule has 10 heteroatoms. The van der Waals surface area contributed by atoms with Gasteiger partial charge in [0.15, 0.2) is 0 Å². The van der Waals surface area contributed by atoms with Crippen LogP contribution in [0.3, 0.4) is 0 Å². The monoisotopic (exact) mass is 462 g/mol. The molecule has 3 aromatic rings. The molecule has 0 aliphatic carbocycles. The van der Waals surface area contributed by atoms with Crippen molar-refractivity contribution in [2.45, 2.75) is 0 Å². The molecule has 0 atom stereocenters. The highest BCUT2D eigenvalue weighted by Crippen LogP contribution is 2.23. The summed E-state index contributed by atoms with van der Waals surface area (Å²) in [5, 5.41) is 8.28.